The van der Waals surface area contributed by atoms with Gasteiger partial charge >= 0.3 is 0 Å². The highest BCUT2D eigenvalue weighted by Gasteiger charge is 2.23. The molecule has 0 fully saturated rings. The Labute approximate surface area is 222 Å². The van der Waals surface area contributed by atoms with E-state index in [9.17, 15) is 9.59 Å². The first kappa shape index (κ1) is 25.4. The third kappa shape index (κ3) is 6.51. The molecule has 1 aliphatic rings. The molecule has 1 aliphatic carbocycles. The molecule has 1 atom stereocenters. The van der Waals surface area contributed by atoms with Gasteiger partial charge in [-0.3, -0.25) is 9.59 Å². The molecule has 0 aliphatic heterocycles. The normalized spacial score (nSPS) is 13.8. The molecule has 1 aromatic heterocycles. The van der Waals surface area contributed by atoms with Crippen molar-refractivity contribution in [1.82, 2.24) is 9.88 Å². The van der Waals surface area contributed by atoms with Crippen LogP contribution in [-0.2, 0) is 22.6 Å². The van der Waals surface area contributed by atoms with E-state index in [1.54, 1.807) is 0 Å². The third-order valence-corrected chi connectivity index (χ3v) is 7.33. The molecule has 0 saturated heterocycles. The number of hydrogen-bond acceptors (Lipinski definition) is 2. The number of hydrogen-bond donors (Lipinski definition) is 1. The van der Waals surface area contributed by atoms with Gasteiger partial charge in [0.2, 0.25) is 0 Å². The number of fused-ring (bicyclic) bond motifs is 1. The van der Waals surface area contributed by atoms with E-state index in [0.29, 0.717) is 24.8 Å². The van der Waals surface area contributed by atoms with Gasteiger partial charge < -0.3 is 9.88 Å². The molecule has 4 rings (SSSR count). The molecule has 2 aromatic carbocycles. The average Bonchev–Trinajstić information content (AvgIpc) is 3.27. The molecule has 1 heterocycles. The van der Waals surface area contributed by atoms with Crippen molar-refractivity contribution in [2.45, 2.75) is 46.1 Å². The molecule has 0 radical (unpaired) electrons. The van der Waals surface area contributed by atoms with Gasteiger partial charge in [-0.1, -0.05) is 74.5 Å². The first-order valence-electron chi connectivity index (χ1n) is 12.4. The highest BCUT2D eigenvalue weighted by Crippen LogP contribution is 2.29. The third-order valence-electron chi connectivity index (χ3n) is 6.89. The number of carbonyl (C=O) groups excluding carboxylic acids is 2. The summed E-state index contributed by atoms with van der Waals surface area (Å²) in [5, 5.41) is 3.12. The van der Waals surface area contributed by atoms with Crippen molar-refractivity contribution in [3.8, 4) is 11.1 Å². The Morgan fingerprint density at radius 3 is 2.40 bits per heavy atom. The maximum absolute atomic E-state index is 13.2. The van der Waals surface area contributed by atoms with Gasteiger partial charge in [-0.05, 0) is 82.0 Å². The lowest BCUT2D eigenvalue weighted by Crippen LogP contribution is -2.29. The molecule has 0 spiro atoms. The summed E-state index contributed by atoms with van der Waals surface area (Å²) >= 11 is 1.87. The number of allylic oxidation sites excluding steroid dienone is 1. The molecule has 4 nitrogen and oxygen atoms in total. The minimum absolute atomic E-state index is 0.0198. The summed E-state index contributed by atoms with van der Waals surface area (Å²) in [7, 11) is 0. The van der Waals surface area contributed by atoms with Crippen molar-refractivity contribution in [2.75, 3.05) is 6.54 Å². The smallest absolute Gasteiger partial charge is 0.253 e. The molecule has 35 heavy (non-hydrogen) atoms. The molecule has 1 amide bonds. The second-order valence-corrected chi connectivity index (χ2v) is 10.8. The van der Waals surface area contributed by atoms with Crippen LogP contribution < -0.4 is 5.32 Å². The molecule has 0 bridgehead atoms. The molecule has 1 unspecified atom stereocenters. The SMILES string of the molecule is CC(C)C(CCNC(=O)C1=CCCc2ccn(Cc3ccc(-c4ccccc4)cc3)c21)CC(=O)I. The molecule has 3 aromatic rings. The standard InChI is InChI=1S/C30H33IN2O2/c1-21(2)26(19-28(31)34)15-17-32-30(35)27-10-6-9-25-16-18-33(29(25)27)20-22-11-13-24(14-12-22)23-7-4-3-5-8-23/h3-5,7-8,10-14,16,18,21,26H,6,9,15,17,19-20H2,1-2H3,(H,32,35). The van der Waals surface area contributed by atoms with Gasteiger partial charge in [0.25, 0.3) is 5.91 Å². The van der Waals surface area contributed by atoms with Crippen LogP contribution in [0.5, 0.6) is 0 Å². The predicted molar refractivity (Wildman–Crippen MR) is 151 cm³/mol. The van der Waals surface area contributed by atoms with Crippen molar-refractivity contribution in [3.63, 3.8) is 0 Å². The van der Waals surface area contributed by atoms with Crippen molar-refractivity contribution >= 4 is 37.9 Å². The zero-order valence-corrected chi connectivity index (χ0v) is 22.6. The van der Waals surface area contributed by atoms with E-state index in [4.69, 9.17) is 0 Å². The van der Waals surface area contributed by atoms with E-state index in [-0.39, 0.29) is 9.70 Å². The summed E-state index contributed by atoms with van der Waals surface area (Å²) in [6.45, 7) is 5.59. The highest BCUT2D eigenvalue weighted by molar-refractivity contribution is 14.1. The first-order valence-corrected chi connectivity index (χ1v) is 13.5. The quantitative estimate of drug-likeness (QED) is 0.215. The van der Waals surface area contributed by atoms with Crippen molar-refractivity contribution in [3.05, 3.63) is 89.8 Å². The number of rotatable bonds is 10. The number of benzene rings is 2. The van der Waals surface area contributed by atoms with Gasteiger partial charge in [-0.2, -0.15) is 0 Å². The monoisotopic (exact) mass is 580 g/mol. The van der Waals surface area contributed by atoms with Crippen LogP contribution in [0.25, 0.3) is 16.7 Å². The number of aryl methyl sites for hydroxylation is 1. The van der Waals surface area contributed by atoms with Crippen LogP contribution in [0.2, 0.25) is 0 Å². The first-order chi connectivity index (χ1) is 16.9. The zero-order chi connectivity index (χ0) is 24.8. The van der Waals surface area contributed by atoms with Gasteiger partial charge in [-0.25, -0.2) is 0 Å². The maximum Gasteiger partial charge on any atom is 0.253 e. The summed E-state index contributed by atoms with van der Waals surface area (Å²) < 4.78 is 2.38. The van der Waals surface area contributed by atoms with Crippen LogP contribution in [0, 0.1) is 11.8 Å². The minimum atomic E-state index is -0.0198. The fourth-order valence-electron chi connectivity index (χ4n) is 4.82. The summed E-state index contributed by atoms with van der Waals surface area (Å²) in [5.41, 5.74) is 6.65. The fraction of sp³-hybridized carbons (Fsp3) is 0.333. The van der Waals surface area contributed by atoms with Gasteiger partial charge in [0, 0.05) is 25.7 Å². The van der Waals surface area contributed by atoms with Crippen LogP contribution in [0.15, 0.2) is 72.9 Å². The molecule has 5 heteroatoms. The number of nitrogens with zero attached hydrogens (tertiary/aromatic N) is 1. The number of amides is 1. The summed E-state index contributed by atoms with van der Waals surface area (Å²) in [6.07, 6.45) is 7.38. The van der Waals surface area contributed by atoms with E-state index in [0.717, 1.165) is 37.1 Å². The fourth-order valence-corrected chi connectivity index (χ4v) is 5.39. The number of nitrogens with one attached hydrogen (secondary N) is 1. The summed E-state index contributed by atoms with van der Waals surface area (Å²) in [6, 6.07) is 21.2. The Bertz CT molecular complexity index is 1190. The van der Waals surface area contributed by atoms with Gasteiger partial charge in [0.15, 0.2) is 3.79 Å². The van der Waals surface area contributed by atoms with Crippen LogP contribution in [-0.4, -0.2) is 20.8 Å². The van der Waals surface area contributed by atoms with E-state index in [2.05, 4.69) is 90.6 Å². The van der Waals surface area contributed by atoms with E-state index in [1.165, 1.54) is 22.3 Å². The van der Waals surface area contributed by atoms with Crippen LogP contribution >= 0.6 is 22.6 Å². The van der Waals surface area contributed by atoms with Gasteiger partial charge in [0.05, 0.1) is 11.3 Å². The molecule has 182 valence electrons. The largest absolute Gasteiger partial charge is 0.352 e. The van der Waals surface area contributed by atoms with Gasteiger partial charge in [-0.15, -0.1) is 0 Å². The van der Waals surface area contributed by atoms with Crippen LogP contribution in [0.4, 0.5) is 0 Å². The maximum atomic E-state index is 13.2. The van der Waals surface area contributed by atoms with Gasteiger partial charge in [0.1, 0.15) is 0 Å². The summed E-state index contributed by atoms with van der Waals surface area (Å²) in [4.78, 5) is 24.8. The van der Waals surface area contributed by atoms with E-state index >= 15 is 0 Å². The average molecular weight is 581 g/mol. The number of carbonyl (C=O) groups is 2. The topological polar surface area (TPSA) is 51.1 Å². The molecule has 1 N–H and O–H groups in total. The Kier molecular flexibility index (Phi) is 8.60. The summed E-state index contributed by atoms with van der Waals surface area (Å²) in [5.74, 6) is 0.684. The Balaban J connectivity index is 1.44. The van der Waals surface area contributed by atoms with Crippen LogP contribution in [0.3, 0.4) is 0 Å². The van der Waals surface area contributed by atoms with E-state index in [1.807, 2.05) is 28.7 Å². The Hall–Kier alpha value is -2.67. The van der Waals surface area contributed by atoms with Crippen molar-refractivity contribution in [1.29, 1.82) is 0 Å². The Morgan fingerprint density at radius 2 is 1.71 bits per heavy atom. The zero-order valence-electron chi connectivity index (χ0n) is 20.5. The predicted octanol–water partition coefficient (Wildman–Crippen LogP) is 6.66. The highest BCUT2D eigenvalue weighted by atomic mass is 127. The van der Waals surface area contributed by atoms with Crippen molar-refractivity contribution in [2.24, 2.45) is 11.8 Å². The molecular formula is C30H33IN2O2. The van der Waals surface area contributed by atoms with E-state index < -0.39 is 0 Å². The van der Waals surface area contributed by atoms with Crippen LogP contribution in [0.1, 0.15) is 49.9 Å². The second kappa shape index (κ2) is 11.8. The number of aromatic nitrogens is 1. The lowest BCUT2D eigenvalue weighted by atomic mass is 9.90. The number of halogens is 1. The molecule has 0 saturated carbocycles. The second-order valence-electron chi connectivity index (χ2n) is 9.64. The lowest BCUT2D eigenvalue weighted by Gasteiger charge is -2.21. The lowest BCUT2D eigenvalue weighted by molar-refractivity contribution is -0.115. The minimum Gasteiger partial charge on any atom is -0.352 e. The molecular weight excluding hydrogens is 547 g/mol. The Morgan fingerprint density at radius 1 is 1.00 bits per heavy atom. The van der Waals surface area contributed by atoms with Crippen molar-refractivity contribution < 1.29 is 9.59 Å².